The van der Waals surface area contributed by atoms with E-state index < -0.39 is 0 Å². The van der Waals surface area contributed by atoms with Crippen LogP contribution in [0.1, 0.15) is 52.4 Å². The summed E-state index contributed by atoms with van der Waals surface area (Å²) in [6.07, 6.45) is 8.62. The Bertz CT molecular complexity index is 152. The Morgan fingerprint density at radius 3 is 2.60 bits per heavy atom. The van der Waals surface area contributed by atoms with Gasteiger partial charge in [0.25, 0.3) is 0 Å². The van der Waals surface area contributed by atoms with E-state index in [1.165, 1.54) is 58.2 Å². The molecule has 1 saturated heterocycles. The lowest BCUT2D eigenvalue weighted by atomic mass is 9.93. The highest BCUT2D eigenvalue weighted by molar-refractivity contribution is 4.60. The predicted molar refractivity (Wildman–Crippen MR) is 63.1 cm³/mol. The third-order valence-electron chi connectivity index (χ3n) is 3.30. The largest absolute Gasteiger partial charge is 0.512 e. The highest BCUT2D eigenvalue weighted by Crippen LogP contribution is 2.13. The molecule has 1 aliphatic heterocycles. The van der Waals surface area contributed by atoms with E-state index in [1.807, 2.05) is 4.90 Å². The van der Waals surface area contributed by atoms with E-state index in [4.69, 9.17) is 11.8 Å². The number of hydrogen-bond donors (Lipinski definition) is 1. The molecule has 0 aromatic carbocycles. The zero-order valence-electron chi connectivity index (χ0n) is 10.4. The van der Waals surface area contributed by atoms with Crippen molar-refractivity contribution >= 4 is 0 Å². The standard InChI is InChI=1S/C12H25N.CN/c1-3-5-9-13-10-6-8-12(11-13)7-4-2;1-2/h12H,3-11H2,1-2H3;/q;-1/p+1. The molecule has 1 aliphatic rings. The quantitative estimate of drug-likeness (QED) is 0.691. The SMILES string of the molecule is CCCC[NH+]1CCCC(CCC)C1.[C-]#N. The lowest BCUT2D eigenvalue weighted by molar-refractivity contribution is -0.909. The number of nitrogens with one attached hydrogen (secondary N) is 1. The summed E-state index contributed by atoms with van der Waals surface area (Å²) in [6.45, 7) is 13.7. The van der Waals surface area contributed by atoms with Crippen molar-refractivity contribution in [1.82, 2.24) is 0 Å². The van der Waals surface area contributed by atoms with Crippen molar-refractivity contribution in [3.63, 3.8) is 0 Å². The van der Waals surface area contributed by atoms with Crippen molar-refractivity contribution in [2.75, 3.05) is 19.6 Å². The van der Waals surface area contributed by atoms with Crippen LogP contribution in [0.25, 0.3) is 0 Å². The van der Waals surface area contributed by atoms with E-state index >= 15 is 0 Å². The minimum Gasteiger partial charge on any atom is -0.512 e. The van der Waals surface area contributed by atoms with Crippen LogP contribution >= 0.6 is 0 Å². The normalized spacial score (nSPS) is 25.3. The van der Waals surface area contributed by atoms with Gasteiger partial charge < -0.3 is 16.7 Å². The first kappa shape index (κ1) is 14.5. The Labute approximate surface area is 95.3 Å². The van der Waals surface area contributed by atoms with Gasteiger partial charge in [0.15, 0.2) is 0 Å². The summed E-state index contributed by atoms with van der Waals surface area (Å²) in [5.74, 6) is 1.05. The first-order valence-corrected chi connectivity index (χ1v) is 6.42. The third kappa shape index (κ3) is 6.52. The van der Waals surface area contributed by atoms with Crippen molar-refractivity contribution in [1.29, 1.82) is 5.26 Å². The average Bonchev–Trinajstić information content (AvgIpc) is 2.30. The Kier molecular flexibility index (Phi) is 9.62. The van der Waals surface area contributed by atoms with E-state index in [0.29, 0.717) is 0 Å². The lowest BCUT2D eigenvalue weighted by Gasteiger charge is -2.29. The molecule has 0 aliphatic carbocycles. The van der Waals surface area contributed by atoms with Crippen LogP contribution in [-0.2, 0) is 0 Å². The summed E-state index contributed by atoms with van der Waals surface area (Å²) >= 11 is 0. The van der Waals surface area contributed by atoms with Crippen molar-refractivity contribution < 1.29 is 4.90 Å². The number of rotatable bonds is 5. The summed E-state index contributed by atoms with van der Waals surface area (Å²) < 4.78 is 0. The van der Waals surface area contributed by atoms with Crippen LogP contribution in [0.2, 0.25) is 0 Å². The highest BCUT2D eigenvalue weighted by Gasteiger charge is 2.21. The molecule has 0 radical (unpaired) electrons. The molecule has 1 fully saturated rings. The number of likely N-dealkylation sites (tertiary alicyclic amines) is 1. The summed E-state index contributed by atoms with van der Waals surface area (Å²) in [6, 6.07) is 0. The van der Waals surface area contributed by atoms with Crippen molar-refractivity contribution in [3.05, 3.63) is 6.57 Å². The molecule has 0 spiro atoms. The maximum atomic E-state index is 6.25. The number of unbranched alkanes of at least 4 members (excludes halogenated alkanes) is 1. The summed E-state index contributed by atoms with van der Waals surface area (Å²) in [4.78, 5) is 1.88. The molecule has 0 aromatic heterocycles. The Hall–Kier alpha value is -0.550. The number of quaternary nitrogens is 1. The molecule has 2 atom stereocenters. The zero-order valence-corrected chi connectivity index (χ0v) is 10.4. The monoisotopic (exact) mass is 210 g/mol. The van der Waals surface area contributed by atoms with Crippen molar-refractivity contribution in [2.24, 2.45) is 5.92 Å². The van der Waals surface area contributed by atoms with Crippen LogP contribution < -0.4 is 4.90 Å². The molecule has 0 aromatic rings. The van der Waals surface area contributed by atoms with Gasteiger partial charge in [-0.15, -0.1) is 0 Å². The van der Waals surface area contributed by atoms with Gasteiger partial charge in [0.2, 0.25) is 0 Å². The minimum absolute atomic E-state index is 1.05. The predicted octanol–water partition coefficient (Wildman–Crippen LogP) is 1.98. The minimum atomic E-state index is 1.05. The van der Waals surface area contributed by atoms with Crippen LogP contribution in [0, 0.1) is 17.8 Å². The number of piperidine rings is 1. The van der Waals surface area contributed by atoms with Gasteiger partial charge in [-0.1, -0.05) is 26.7 Å². The van der Waals surface area contributed by atoms with E-state index in [1.54, 1.807) is 0 Å². The fourth-order valence-corrected chi connectivity index (χ4v) is 2.56. The van der Waals surface area contributed by atoms with Gasteiger partial charge in [-0.2, -0.15) is 0 Å². The molecule has 1 heterocycles. The second-order valence-electron chi connectivity index (χ2n) is 4.60. The van der Waals surface area contributed by atoms with Gasteiger partial charge in [0.05, 0.1) is 19.6 Å². The van der Waals surface area contributed by atoms with E-state index in [-0.39, 0.29) is 0 Å². The van der Waals surface area contributed by atoms with Crippen LogP contribution in [-0.4, -0.2) is 19.6 Å². The average molecular weight is 210 g/mol. The first-order chi connectivity index (χ1) is 7.36. The molecular formula is C13H26N2. The van der Waals surface area contributed by atoms with Crippen molar-refractivity contribution in [3.8, 4) is 0 Å². The van der Waals surface area contributed by atoms with E-state index in [9.17, 15) is 0 Å². The smallest absolute Gasteiger partial charge is 0.0799 e. The second-order valence-corrected chi connectivity index (χ2v) is 4.60. The van der Waals surface area contributed by atoms with Gasteiger partial charge in [-0.05, 0) is 25.7 Å². The van der Waals surface area contributed by atoms with Gasteiger partial charge in [-0.3, -0.25) is 0 Å². The summed E-state index contributed by atoms with van der Waals surface area (Å²) in [5.41, 5.74) is 0. The third-order valence-corrected chi connectivity index (χ3v) is 3.30. The van der Waals surface area contributed by atoms with Crippen LogP contribution in [0.15, 0.2) is 0 Å². The van der Waals surface area contributed by atoms with Gasteiger partial charge in [-0.25, -0.2) is 0 Å². The maximum absolute atomic E-state index is 6.25. The van der Waals surface area contributed by atoms with Crippen molar-refractivity contribution in [2.45, 2.75) is 52.4 Å². The first-order valence-electron chi connectivity index (χ1n) is 6.42. The number of nitrogens with zero attached hydrogens (tertiary/aromatic N) is 1. The molecule has 2 heteroatoms. The van der Waals surface area contributed by atoms with Gasteiger partial charge in [0.1, 0.15) is 0 Å². The topological polar surface area (TPSA) is 28.2 Å². The van der Waals surface area contributed by atoms with E-state index in [2.05, 4.69) is 13.8 Å². The van der Waals surface area contributed by atoms with Crippen LogP contribution in [0.3, 0.4) is 0 Å². The molecule has 88 valence electrons. The van der Waals surface area contributed by atoms with Crippen LogP contribution in [0.5, 0.6) is 0 Å². The Morgan fingerprint density at radius 2 is 2.00 bits per heavy atom. The summed E-state index contributed by atoms with van der Waals surface area (Å²) in [5, 5.41) is 6.25. The fraction of sp³-hybridized carbons (Fsp3) is 0.923. The lowest BCUT2D eigenvalue weighted by Crippen LogP contribution is -3.13. The molecule has 2 unspecified atom stereocenters. The summed E-state index contributed by atoms with van der Waals surface area (Å²) in [7, 11) is 0. The van der Waals surface area contributed by atoms with Gasteiger partial charge >= 0.3 is 0 Å². The molecular weight excluding hydrogens is 184 g/mol. The Balaban J connectivity index is 0.000000921. The molecule has 2 nitrogen and oxygen atoms in total. The van der Waals surface area contributed by atoms with E-state index in [0.717, 1.165) is 5.92 Å². The number of hydrogen-bond acceptors (Lipinski definition) is 1. The Morgan fingerprint density at radius 1 is 1.27 bits per heavy atom. The maximum Gasteiger partial charge on any atom is 0.0799 e. The zero-order chi connectivity index (χ0) is 11.5. The molecule has 0 bridgehead atoms. The molecule has 15 heavy (non-hydrogen) atoms. The molecule has 0 saturated carbocycles. The molecule has 1 rings (SSSR count). The second kappa shape index (κ2) is 9.98. The molecule has 1 N–H and O–H groups in total. The highest BCUT2D eigenvalue weighted by atomic mass is 15.1. The molecule has 0 amide bonds. The van der Waals surface area contributed by atoms with Crippen LogP contribution in [0.4, 0.5) is 0 Å². The van der Waals surface area contributed by atoms with Gasteiger partial charge in [0, 0.05) is 5.92 Å². The fourth-order valence-electron chi connectivity index (χ4n) is 2.56.